The second kappa shape index (κ2) is 7.66. The van der Waals surface area contributed by atoms with Gasteiger partial charge in [-0.15, -0.1) is 0 Å². The van der Waals surface area contributed by atoms with E-state index in [0.29, 0.717) is 5.92 Å². The fraction of sp³-hybridized carbons (Fsp3) is 0.367. The molecule has 1 fully saturated rings. The van der Waals surface area contributed by atoms with Gasteiger partial charge in [0.1, 0.15) is 0 Å². The largest absolute Gasteiger partial charge is 0.495 e. The topological polar surface area (TPSA) is 30.8 Å². The molecule has 0 amide bonds. The van der Waals surface area contributed by atoms with Gasteiger partial charge in [0.05, 0.1) is 11.2 Å². The van der Waals surface area contributed by atoms with Crippen LogP contribution in [0, 0.1) is 11.8 Å². The third-order valence-corrected chi connectivity index (χ3v) is 8.72. The molecule has 4 aliphatic rings. The van der Waals surface area contributed by atoms with Gasteiger partial charge in [0.25, 0.3) is 0 Å². The monoisotopic (exact) mass is 449 g/mol. The van der Waals surface area contributed by atoms with Crippen LogP contribution in [-0.2, 0) is 14.7 Å². The molecule has 34 heavy (non-hydrogen) atoms. The second-order valence-electron chi connectivity index (χ2n) is 10.9. The summed E-state index contributed by atoms with van der Waals surface area (Å²) in [6.45, 7) is 9.29. The van der Waals surface area contributed by atoms with E-state index in [9.17, 15) is 0 Å². The lowest BCUT2D eigenvalue weighted by Gasteiger charge is -2.43. The summed E-state index contributed by atoms with van der Waals surface area (Å²) in [5.74, 6) is 0.607. The minimum Gasteiger partial charge on any atom is -0.399 e. The van der Waals surface area contributed by atoms with Crippen molar-refractivity contribution >= 4 is 24.4 Å². The van der Waals surface area contributed by atoms with Crippen LogP contribution in [0.15, 0.2) is 83.9 Å². The zero-order chi connectivity index (χ0) is 23.6. The number of fused-ring (bicyclic) bond motifs is 3. The average Bonchev–Trinajstić information content (AvgIpc) is 3.27. The maximum Gasteiger partial charge on any atom is 0.495 e. The van der Waals surface area contributed by atoms with E-state index in [0.717, 1.165) is 18.4 Å². The highest BCUT2D eigenvalue weighted by Crippen LogP contribution is 2.60. The van der Waals surface area contributed by atoms with E-state index >= 15 is 0 Å². The fourth-order valence-electron chi connectivity index (χ4n) is 6.43. The molecule has 3 atom stereocenters. The molecule has 0 bridgehead atoms. The predicted octanol–water partition coefficient (Wildman–Crippen LogP) is 5.50. The highest BCUT2D eigenvalue weighted by atomic mass is 16.7. The lowest BCUT2D eigenvalue weighted by atomic mass is 9.59. The Morgan fingerprint density at radius 3 is 2.38 bits per heavy atom. The molecule has 4 heteroatoms. The lowest BCUT2D eigenvalue weighted by Crippen LogP contribution is -2.42. The summed E-state index contributed by atoms with van der Waals surface area (Å²) in [6, 6.07) is 17.8. The van der Waals surface area contributed by atoms with Gasteiger partial charge in [0, 0.05) is 30.0 Å². The Labute approximate surface area is 203 Å². The van der Waals surface area contributed by atoms with Crippen LogP contribution in [0.4, 0.5) is 0 Å². The van der Waals surface area contributed by atoms with E-state index in [-0.39, 0.29) is 29.7 Å². The van der Waals surface area contributed by atoms with Gasteiger partial charge >= 0.3 is 7.12 Å². The molecule has 0 radical (unpaired) electrons. The highest BCUT2D eigenvalue weighted by Gasteiger charge is 2.58. The lowest BCUT2D eigenvalue weighted by molar-refractivity contribution is 0.00578. The Balaban J connectivity index is 1.61. The van der Waals surface area contributed by atoms with Crippen LogP contribution in [0.3, 0.4) is 0 Å². The van der Waals surface area contributed by atoms with Crippen molar-refractivity contribution < 1.29 is 9.31 Å². The van der Waals surface area contributed by atoms with Crippen molar-refractivity contribution in [3.8, 4) is 0 Å². The molecule has 1 saturated heterocycles. The minimum atomic E-state index is -0.390. The summed E-state index contributed by atoms with van der Waals surface area (Å²) in [6.07, 6.45) is 14.3. The Morgan fingerprint density at radius 1 is 0.912 bits per heavy atom. The standard InChI is InChI=1S/C30H32BNO2/c1-28(2)29(3,4)34-31(33-28)26-18-10-17-25-27(26)23-15-8-9-16-24(23)30(25,21-12-6-5-7-13-21)22-14-11-19-32-20-22/h5-15,17-19,22,24H,16,20H2,1-4H3. The smallest absolute Gasteiger partial charge is 0.399 e. The van der Waals surface area contributed by atoms with Gasteiger partial charge < -0.3 is 9.31 Å². The molecule has 2 aromatic rings. The number of dihydropyridines is 1. The van der Waals surface area contributed by atoms with E-state index in [1.165, 1.54) is 22.3 Å². The van der Waals surface area contributed by atoms with Crippen LogP contribution in [0.25, 0.3) is 5.57 Å². The van der Waals surface area contributed by atoms with Gasteiger partial charge in [-0.2, -0.15) is 0 Å². The fourth-order valence-corrected chi connectivity index (χ4v) is 6.43. The van der Waals surface area contributed by atoms with Crippen LogP contribution in [0.1, 0.15) is 50.8 Å². The second-order valence-corrected chi connectivity index (χ2v) is 10.9. The third-order valence-electron chi connectivity index (χ3n) is 8.72. The Bertz CT molecular complexity index is 1220. The van der Waals surface area contributed by atoms with Gasteiger partial charge in [-0.1, -0.05) is 72.8 Å². The van der Waals surface area contributed by atoms with Crippen molar-refractivity contribution in [2.45, 2.75) is 50.7 Å². The molecule has 2 aromatic carbocycles. The average molecular weight is 449 g/mol. The van der Waals surface area contributed by atoms with Crippen LogP contribution >= 0.6 is 0 Å². The molecule has 3 unspecified atom stereocenters. The Morgan fingerprint density at radius 2 is 1.68 bits per heavy atom. The van der Waals surface area contributed by atoms with Crippen molar-refractivity contribution in [1.82, 2.24) is 0 Å². The summed E-state index contributed by atoms with van der Waals surface area (Å²) >= 11 is 0. The summed E-state index contributed by atoms with van der Waals surface area (Å²) in [5, 5.41) is 0. The molecule has 172 valence electrons. The molecule has 0 saturated carbocycles. The first kappa shape index (κ1) is 21.8. The first-order valence-corrected chi connectivity index (χ1v) is 12.4. The number of aliphatic imine (C=N–C) groups is 1. The van der Waals surface area contributed by atoms with E-state index in [4.69, 9.17) is 14.3 Å². The number of nitrogens with zero attached hydrogens (tertiary/aromatic N) is 1. The van der Waals surface area contributed by atoms with Crippen LogP contribution in [0.2, 0.25) is 0 Å². The summed E-state index contributed by atoms with van der Waals surface area (Å²) < 4.78 is 13.1. The molecule has 0 spiro atoms. The predicted molar refractivity (Wildman–Crippen MR) is 141 cm³/mol. The van der Waals surface area contributed by atoms with E-state index in [1.807, 2.05) is 6.21 Å². The van der Waals surface area contributed by atoms with Crippen molar-refractivity contribution in [2.75, 3.05) is 6.54 Å². The summed E-state index contributed by atoms with van der Waals surface area (Å²) in [7, 11) is -0.390. The molecule has 0 aromatic heterocycles. The van der Waals surface area contributed by atoms with Gasteiger partial charge in [-0.3, -0.25) is 4.99 Å². The zero-order valence-electron chi connectivity index (χ0n) is 20.5. The van der Waals surface area contributed by atoms with Crippen molar-refractivity contribution in [3.05, 3.63) is 95.6 Å². The van der Waals surface area contributed by atoms with Crippen molar-refractivity contribution in [1.29, 1.82) is 0 Å². The maximum absolute atomic E-state index is 6.57. The number of hydrogen-bond donors (Lipinski definition) is 0. The first-order valence-electron chi connectivity index (χ1n) is 12.4. The van der Waals surface area contributed by atoms with Gasteiger partial charge in [-0.25, -0.2) is 0 Å². The van der Waals surface area contributed by atoms with Gasteiger partial charge in [0.2, 0.25) is 0 Å². The minimum absolute atomic E-state index is 0.193. The first-order chi connectivity index (χ1) is 16.4. The molecule has 6 rings (SSSR count). The number of benzene rings is 2. The van der Waals surface area contributed by atoms with E-state index < -0.39 is 0 Å². The van der Waals surface area contributed by atoms with E-state index in [1.54, 1.807) is 0 Å². The normalized spacial score (nSPS) is 30.2. The number of rotatable bonds is 3. The molecule has 0 N–H and O–H groups in total. The Kier molecular flexibility index (Phi) is 4.92. The van der Waals surface area contributed by atoms with Crippen molar-refractivity contribution in [2.24, 2.45) is 16.8 Å². The van der Waals surface area contributed by atoms with Crippen molar-refractivity contribution in [3.63, 3.8) is 0 Å². The highest BCUT2D eigenvalue weighted by molar-refractivity contribution is 6.63. The van der Waals surface area contributed by atoms with Crippen LogP contribution in [-0.4, -0.2) is 31.1 Å². The zero-order valence-corrected chi connectivity index (χ0v) is 20.5. The Hall–Kier alpha value is -2.69. The van der Waals surface area contributed by atoms with Crippen LogP contribution < -0.4 is 5.46 Å². The number of allylic oxidation sites excluding steroid dienone is 5. The summed E-state index contributed by atoms with van der Waals surface area (Å²) in [4.78, 5) is 4.72. The molecule has 2 heterocycles. The molecule has 2 aliphatic carbocycles. The van der Waals surface area contributed by atoms with Crippen LogP contribution in [0.5, 0.6) is 0 Å². The SMILES string of the molecule is CC1(C)OB(c2cccc3c2C2=CC=CCC2C3(c2ccccc2)C2C=CC=NC2)OC1(C)C. The molecular formula is C30H32BNO2. The van der Waals surface area contributed by atoms with Gasteiger partial charge in [-0.05, 0) is 67.9 Å². The third kappa shape index (κ3) is 2.95. The molecular weight excluding hydrogens is 417 g/mol. The molecule has 2 aliphatic heterocycles. The maximum atomic E-state index is 6.57. The number of hydrogen-bond acceptors (Lipinski definition) is 3. The quantitative estimate of drug-likeness (QED) is 0.580. The summed E-state index contributed by atoms with van der Waals surface area (Å²) in [5.41, 5.74) is 5.63. The van der Waals surface area contributed by atoms with E-state index in [2.05, 4.69) is 107 Å². The molecule has 3 nitrogen and oxygen atoms in total. The van der Waals surface area contributed by atoms with Gasteiger partial charge in [0.15, 0.2) is 0 Å².